The molecule has 0 aliphatic carbocycles. The van der Waals surface area contributed by atoms with Crippen LogP contribution in [-0.2, 0) is 26.2 Å². The molecule has 38 heavy (non-hydrogen) atoms. The zero-order valence-electron chi connectivity index (χ0n) is 20.8. The number of nitrogens with one attached hydrogen (secondary N) is 1. The van der Waals surface area contributed by atoms with E-state index in [-0.39, 0.29) is 29.9 Å². The van der Waals surface area contributed by atoms with Crippen LogP contribution in [0, 0.1) is 0 Å². The molecule has 0 radical (unpaired) electrons. The van der Waals surface area contributed by atoms with Crippen molar-refractivity contribution < 1.29 is 27.5 Å². The molecule has 0 saturated carbocycles. The smallest absolute Gasteiger partial charge is 0.265 e. The van der Waals surface area contributed by atoms with Crippen molar-refractivity contribution in [1.82, 2.24) is 9.62 Å². The monoisotopic (exact) mass is 535 g/mol. The van der Waals surface area contributed by atoms with Crippen molar-refractivity contribution in [1.29, 1.82) is 0 Å². The van der Waals surface area contributed by atoms with Gasteiger partial charge in [0, 0.05) is 19.6 Å². The third-order valence-corrected chi connectivity index (χ3v) is 8.48. The second-order valence-electron chi connectivity index (χ2n) is 9.15. The number of carbonyl (C=O) groups excluding carboxylic acids is 2. The van der Waals surface area contributed by atoms with Gasteiger partial charge >= 0.3 is 0 Å². The molecular weight excluding hydrogens is 506 g/mol. The van der Waals surface area contributed by atoms with Crippen LogP contribution in [0.25, 0.3) is 0 Å². The van der Waals surface area contributed by atoms with Crippen molar-refractivity contribution in [3.63, 3.8) is 0 Å². The Kier molecular flexibility index (Phi) is 7.62. The van der Waals surface area contributed by atoms with Crippen molar-refractivity contribution >= 4 is 27.5 Å². The number of carbonyl (C=O) groups is 2. The summed E-state index contributed by atoms with van der Waals surface area (Å²) in [5.74, 6) is 0.133. The van der Waals surface area contributed by atoms with E-state index < -0.39 is 16.1 Å². The van der Waals surface area contributed by atoms with E-state index in [1.165, 1.54) is 21.3 Å². The average Bonchev–Trinajstić information content (AvgIpc) is 3.51. The lowest BCUT2D eigenvalue weighted by molar-refractivity contribution is -0.128. The van der Waals surface area contributed by atoms with Crippen LogP contribution in [0.5, 0.6) is 11.5 Å². The topological polar surface area (TPSA) is 105 Å². The van der Waals surface area contributed by atoms with Crippen LogP contribution in [0.15, 0.2) is 83.8 Å². The van der Waals surface area contributed by atoms with Crippen LogP contribution in [0.1, 0.15) is 18.4 Å². The molecule has 1 atom stereocenters. The van der Waals surface area contributed by atoms with E-state index in [0.717, 1.165) is 18.4 Å². The second kappa shape index (κ2) is 11.2. The zero-order valence-corrected chi connectivity index (χ0v) is 21.6. The maximum atomic E-state index is 13.2. The number of rotatable bonds is 8. The molecule has 0 bridgehead atoms. The molecule has 1 fully saturated rings. The number of benzene rings is 3. The summed E-state index contributed by atoms with van der Waals surface area (Å²) in [4.78, 5) is 27.8. The van der Waals surface area contributed by atoms with Crippen molar-refractivity contribution in [3.8, 4) is 11.5 Å². The highest BCUT2D eigenvalue weighted by atomic mass is 32.2. The molecule has 3 aromatic carbocycles. The Morgan fingerprint density at radius 1 is 0.921 bits per heavy atom. The van der Waals surface area contributed by atoms with Crippen molar-refractivity contribution in [3.05, 3.63) is 84.4 Å². The fraction of sp³-hybridized carbons (Fsp3) is 0.286. The fourth-order valence-electron chi connectivity index (χ4n) is 4.51. The highest BCUT2D eigenvalue weighted by molar-refractivity contribution is 7.89. The second-order valence-corrected chi connectivity index (χ2v) is 11.1. The third kappa shape index (κ3) is 5.66. The number of amides is 2. The molecule has 198 valence electrons. The lowest BCUT2D eigenvalue weighted by atomic mass is 10.1. The molecule has 0 unspecified atom stereocenters. The summed E-state index contributed by atoms with van der Waals surface area (Å²) in [5, 5.41) is 2.87. The number of sulfonamides is 1. The molecule has 0 spiro atoms. The van der Waals surface area contributed by atoms with E-state index in [9.17, 15) is 18.0 Å². The van der Waals surface area contributed by atoms with Gasteiger partial charge in [-0.1, -0.05) is 42.5 Å². The van der Waals surface area contributed by atoms with Crippen LogP contribution < -0.4 is 19.7 Å². The summed E-state index contributed by atoms with van der Waals surface area (Å²) in [7, 11) is -3.52. The summed E-state index contributed by atoms with van der Waals surface area (Å²) in [6.07, 6.45) is 0.846. The predicted octanol–water partition coefficient (Wildman–Crippen LogP) is 2.96. The van der Waals surface area contributed by atoms with Gasteiger partial charge in [0.1, 0.15) is 11.5 Å². The molecule has 2 amide bonds. The van der Waals surface area contributed by atoms with Gasteiger partial charge in [-0.25, -0.2) is 8.42 Å². The van der Waals surface area contributed by atoms with Crippen molar-refractivity contribution in [2.45, 2.75) is 30.4 Å². The van der Waals surface area contributed by atoms with Gasteiger partial charge in [0.2, 0.25) is 10.0 Å². The van der Waals surface area contributed by atoms with Crippen molar-refractivity contribution in [2.24, 2.45) is 0 Å². The van der Waals surface area contributed by atoms with Gasteiger partial charge in [-0.05, 0) is 54.8 Å². The standard InChI is InChI=1S/C28H29N3O6S/c32-27(20-36-22-12-14-23(15-13-22)38(34,35)30-16-6-7-17-30)31-19-26(37-25-11-5-4-10-24(25)31)28(33)29-18-21-8-2-1-3-9-21/h1-5,8-15,26H,6-7,16-20H2,(H,29,33)/t26-/m1/s1. The van der Waals surface area contributed by atoms with Crippen LogP contribution in [0.4, 0.5) is 5.69 Å². The van der Waals surface area contributed by atoms with Gasteiger partial charge in [-0.2, -0.15) is 4.31 Å². The van der Waals surface area contributed by atoms with Crippen LogP contribution in [0.3, 0.4) is 0 Å². The summed E-state index contributed by atoms with van der Waals surface area (Å²) in [5.41, 5.74) is 1.51. The molecule has 2 aliphatic rings. The van der Waals surface area contributed by atoms with Gasteiger partial charge < -0.3 is 19.7 Å². The van der Waals surface area contributed by atoms with Gasteiger partial charge in [0.05, 0.1) is 17.1 Å². The first-order chi connectivity index (χ1) is 18.4. The third-order valence-electron chi connectivity index (χ3n) is 6.57. The van der Waals surface area contributed by atoms with E-state index in [1.54, 1.807) is 36.4 Å². The summed E-state index contributed by atoms with van der Waals surface area (Å²) in [6.45, 7) is 1.15. The number of nitrogens with zero attached hydrogens (tertiary/aromatic N) is 2. The first kappa shape index (κ1) is 25.7. The number of hydrogen-bond acceptors (Lipinski definition) is 6. The number of hydrogen-bond donors (Lipinski definition) is 1. The van der Waals surface area contributed by atoms with E-state index in [1.807, 2.05) is 30.3 Å². The Hall–Kier alpha value is -3.89. The summed E-state index contributed by atoms with van der Waals surface area (Å²) >= 11 is 0. The first-order valence-corrected chi connectivity index (χ1v) is 14.0. The van der Waals surface area contributed by atoms with E-state index in [2.05, 4.69) is 5.32 Å². The predicted molar refractivity (Wildman–Crippen MR) is 141 cm³/mol. The molecule has 1 N–H and O–H groups in total. The fourth-order valence-corrected chi connectivity index (χ4v) is 6.03. The number of anilines is 1. The molecule has 0 aromatic heterocycles. The molecule has 3 aromatic rings. The molecule has 5 rings (SSSR count). The van der Waals surface area contributed by atoms with Gasteiger partial charge in [-0.3, -0.25) is 9.59 Å². The first-order valence-electron chi connectivity index (χ1n) is 12.5. The maximum absolute atomic E-state index is 13.2. The minimum atomic E-state index is -3.52. The highest BCUT2D eigenvalue weighted by Crippen LogP contribution is 2.33. The molecule has 10 heteroatoms. The van der Waals surface area contributed by atoms with Gasteiger partial charge in [0.25, 0.3) is 11.8 Å². The Morgan fingerprint density at radius 2 is 1.61 bits per heavy atom. The normalized spacial score (nSPS) is 17.4. The minimum absolute atomic E-state index is 0.0346. The Labute approximate surface area is 222 Å². The number of para-hydroxylation sites is 2. The van der Waals surface area contributed by atoms with Crippen LogP contribution >= 0.6 is 0 Å². The van der Waals surface area contributed by atoms with E-state index in [4.69, 9.17) is 9.47 Å². The SMILES string of the molecule is O=C(NCc1ccccc1)[C@H]1CN(C(=O)COc2ccc(S(=O)(=O)N3CCCC3)cc2)c2ccccc2O1. The molecular formula is C28H29N3O6S. The van der Waals surface area contributed by atoms with Gasteiger partial charge in [-0.15, -0.1) is 0 Å². The highest BCUT2D eigenvalue weighted by Gasteiger charge is 2.34. The molecule has 2 aliphatic heterocycles. The maximum Gasteiger partial charge on any atom is 0.265 e. The Morgan fingerprint density at radius 3 is 2.34 bits per heavy atom. The van der Waals surface area contributed by atoms with Crippen molar-refractivity contribution in [2.75, 3.05) is 31.1 Å². The Balaban J connectivity index is 1.23. The quantitative estimate of drug-likeness (QED) is 0.476. The summed E-state index contributed by atoms with van der Waals surface area (Å²) in [6, 6.07) is 22.6. The largest absolute Gasteiger partial charge is 0.484 e. The lowest BCUT2D eigenvalue weighted by Crippen LogP contribution is -2.51. The molecule has 2 heterocycles. The van der Waals surface area contributed by atoms with E-state index in [0.29, 0.717) is 36.8 Å². The lowest BCUT2D eigenvalue weighted by Gasteiger charge is -2.34. The number of ether oxygens (including phenoxy) is 2. The molecule has 1 saturated heterocycles. The van der Waals surface area contributed by atoms with Crippen LogP contribution in [0.2, 0.25) is 0 Å². The summed E-state index contributed by atoms with van der Waals surface area (Å²) < 4.78 is 38.5. The molecule has 9 nitrogen and oxygen atoms in total. The Bertz CT molecular complexity index is 1390. The minimum Gasteiger partial charge on any atom is -0.484 e. The van der Waals surface area contributed by atoms with Crippen LogP contribution in [-0.4, -0.2) is 56.9 Å². The number of fused-ring (bicyclic) bond motifs is 1. The average molecular weight is 536 g/mol. The van der Waals surface area contributed by atoms with Gasteiger partial charge in [0.15, 0.2) is 12.7 Å². The van der Waals surface area contributed by atoms with E-state index >= 15 is 0 Å². The zero-order chi connectivity index (χ0) is 26.5.